The van der Waals surface area contributed by atoms with Gasteiger partial charge in [-0.15, -0.1) is 0 Å². The van der Waals surface area contributed by atoms with E-state index in [2.05, 4.69) is 115 Å². The van der Waals surface area contributed by atoms with Crippen molar-refractivity contribution in [2.45, 2.75) is 0 Å². The molecular formula is C32H24O2SnW+. The molecule has 0 N–H and O–H groups in total. The van der Waals surface area contributed by atoms with Crippen LogP contribution in [0.15, 0.2) is 121 Å². The van der Waals surface area contributed by atoms with Crippen molar-refractivity contribution >= 4 is 30.5 Å². The Morgan fingerprint density at radius 2 is 0.833 bits per heavy atom. The maximum atomic E-state index is 7.50. The van der Waals surface area contributed by atoms with Crippen LogP contribution in [0.3, 0.4) is 0 Å². The molecule has 0 atom stereocenters. The summed E-state index contributed by atoms with van der Waals surface area (Å²) in [4.78, 5) is 0. The summed E-state index contributed by atoms with van der Waals surface area (Å²) in [7, 11) is 0. The Bertz CT molecular complexity index is 1030. The topological polar surface area (TPSA) is 39.8 Å². The fourth-order valence-corrected chi connectivity index (χ4v) is 10.9. The van der Waals surface area contributed by atoms with E-state index >= 15 is 0 Å². The zero-order valence-corrected chi connectivity index (χ0v) is 25.4. The summed E-state index contributed by atoms with van der Waals surface area (Å²) in [5.74, 6) is 0. The first kappa shape index (κ1) is 31.7. The van der Waals surface area contributed by atoms with Gasteiger partial charge in [-0.05, 0) is 0 Å². The Morgan fingerprint density at radius 3 is 1.06 bits per heavy atom. The van der Waals surface area contributed by atoms with Crippen LogP contribution in [0.5, 0.6) is 0 Å². The number of hydrogen-bond acceptors (Lipinski definition) is 0. The van der Waals surface area contributed by atoms with E-state index in [-0.39, 0.29) is 0 Å². The molecule has 1 aliphatic carbocycles. The summed E-state index contributed by atoms with van der Waals surface area (Å²) in [5, 5.41) is 0. The van der Waals surface area contributed by atoms with Crippen LogP contribution in [-0.2, 0) is 28.5 Å². The van der Waals surface area contributed by atoms with Gasteiger partial charge >= 0.3 is 203 Å². The van der Waals surface area contributed by atoms with Crippen LogP contribution in [0.25, 0.3) is 0 Å². The molecule has 0 heterocycles. The molecule has 173 valence electrons. The molecule has 1 aliphatic rings. The number of rotatable bonds is 3. The molecule has 5 radical (unpaired) electrons. The van der Waals surface area contributed by atoms with E-state index in [1.165, 1.54) is 35.5 Å². The minimum absolute atomic E-state index is 1.20. The molecule has 0 aliphatic heterocycles. The van der Waals surface area contributed by atoms with Crippen LogP contribution >= 0.6 is 0 Å². The van der Waals surface area contributed by atoms with Gasteiger partial charge in [0.1, 0.15) is 0 Å². The van der Waals surface area contributed by atoms with Gasteiger partial charge in [-0.1, -0.05) is 12.8 Å². The molecule has 0 spiro atoms. The van der Waals surface area contributed by atoms with Gasteiger partial charge in [0, 0.05) is 0 Å². The Kier molecular flexibility index (Phi) is 19.2. The minimum atomic E-state index is -1.98. The molecule has 0 amide bonds. The van der Waals surface area contributed by atoms with E-state index in [4.69, 9.17) is 9.30 Å². The number of hydrogen-bond donors (Lipinski definition) is 0. The summed E-state index contributed by atoms with van der Waals surface area (Å²) in [6.07, 6.45) is 10.5. The summed E-state index contributed by atoms with van der Waals surface area (Å²) in [5.41, 5.74) is 1.20. The van der Waals surface area contributed by atoms with Gasteiger partial charge in [0.05, 0.1) is 0 Å². The van der Waals surface area contributed by atoms with Crippen molar-refractivity contribution in [1.82, 2.24) is 0 Å². The molecule has 5 rings (SSSR count). The monoisotopic (exact) mass is 744 g/mol. The van der Waals surface area contributed by atoms with Crippen molar-refractivity contribution < 1.29 is 28.5 Å². The fourth-order valence-electron chi connectivity index (χ4n) is 3.10. The first-order chi connectivity index (χ1) is 17.9. The third-order valence-electron chi connectivity index (χ3n) is 4.58. The second-order valence-electron chi connectivity index (χ2n) is 6.83. The molecule has 1 fully saturated rings. The molecule has 36 heavy (non-hydrogen) atoms. The van der Waals surface area contributed by atoms with E-state index < -0.39 is 19.8 Å². The van der Waals surface area contributed by atoms with Gasteiger partial charge in [-0.2, -0.15) is 0 Å². The molecule has 2 nitrogen and oxygen atoms in total. The van der Waals surface area contributed by atoms with E-state index in [0.29, 0.717) is 0 Å². The van der Waals surface area contributed by atoms with Gasteiger partial charge in [-0.25, -0.2) is 12.8 Å². The van der Waals surface area contributed by atoms with Crippen molar-refractivity contribution in [3.8, 4) is 4.20 Å². The average Bonchev–Trinajstić information content (AvgIpc) is 3.59. The summed E-state index contributed by atoms with van der Waals surface area (Å²) in [6.45, 7) is 9.00. The average molecular weight is 743 g/mol. The normalized spacial score (nSPS) is 10.5. The van der Waals surface area contributed by atoms with Crippen LogP contribution < -0.4 is 10.7 Å². The van der Waals surface area contributed by atoms with Crippen LogP contribution in [0.4, 0.5) is 0 Å². The van der Waals surface area contributed by atoms with Gasteiger partial charge in [-0.3, -0.25) is 0 Å². The SMILES string of the molecule is [C-]#[O+].[C-]#[O+].[C-]1[CH][CH][CH][CH]1.[W+]#[C]c1ccccc1.c1cc[c]([Sn+]([c]2ccccc2)[c]2ccccc2)cc1. The zero-order chi connectivity index (χ0) is 26.3. The Labute approximate surface area is 234 Å². The molecule has 0 bridgehead atoms. The van der Waals surface area contributed by atoms with Gasteiger partial charge in [0.2, 0.25) is 0 Å². The maximum absolute atomic E-state index is 7.50. The van der Waals surface area contributed by atoms with Crippen LogP contribution in [0.1, 0.15) is 5.56 Å². The summed E-state index contributed by atoms with van der Waals surface area (Å²) >= 11 is -0.601. The third-order valence-corrected chi connectivity index (χ3v) is 13.2. The van der Waals surface area contributed by atoms with Gasteiger partial charge in [0.25, 0.3) is 0 Å². The van der Waals surface area contributed by atoms with Crippen LogP contribution in [-0.4, -0.2) is 19.8 Å². The van der Waals surface area contributed by atoms with E-state index in [1.54, 1.807) is 0 Å². The Morgan fingerprint density at radius 1 is 0.528 bits per heavy atom. The third kappa shape index (κ3) is 12.5. The van der Waals surface area contributed by atoms with Crippen molar-refractivity contribution in [1.29, 1.82) is 0 Å². The van der Waals surface area contributed by atoms with E-state index in [0.717, 1.165) is 0 Å². The Hall–Kier alpha value is -2.37. The quantitative estimate of drug-likeness (QED) is 0.168. The van der Waals surface area contributed by atoms with Crippen LogP contribution in [0.2, 0.25) is 0 Å². The molecule has 4 aromatic carbocycles. The fraction of sp³-hybridized carbons (Fsp3) is 0. The molecule has 4 aromatic rings. The molecule has 1 saturated carbocycles. The second kappa shape index (κ2) is 21.9. The second-order valence-corrected chi connectivity index (χ2v) is 14.6. The standard InChI is InChI=1S/C7H5.3C6H5.C5H4.2CO.Sn.W/c1-7-5-3-2-4-6-7;3*1-2-4-6-5-3-1;1-2-4-5-3-1;2*1-2;;/h2-6H;3*1-5H;1-4H;;;;/q;;;;-1;;;2*+1. The predicted octanol–water partition coefficient (Wildman–Crippen LogP) is 4.57. The molecule has 0 saturated heterocycles. The summed E-state index contributed by atoms with van der Waals surface area (Å²) in [6, 6.07) is 43.1. The number of benzene rings is 4. The van der Waals surface area contributed by atoms with Gasteiger partial charge < -0.3 is 6.42 Å². The predicted molar refractivity (Wildman–Crippen MR) is 142 cm³/mol. The molecule has 0 unspecified atom stereocenters. The van der Waals surface area contributed by atoms with Crippen molar-refractivity contribution in [3.63, 3.8) is 0 Å². The molecule has 0 aromatic heterocycles. The summed E-state index contributed by atoms with van der Waals surface area (Å²) < 4.78 is 22.7. The molecular weight excluding hydrogens is 719 g/mol. The Balaban J connectivity index is 0.000000313. The molecule has 4 heteroatoms. The van der Waals surface area contributed by atoms with E-state index in [9.17, 15) is 0 Å². The van der Waals surface area contributed by atoms with E-state index in [1.807, 2.05) is 56.0 Å². The first-order valence-electron chi connectivity index (χ1n) is 10.8. The van der Waals surface area contributed by atoms with Crippen molar-refractivity contribution in [3.05, 3.63) is 172 Å². The van der Waals surface area contributed by atoms with Gasteiger partial charge in [0.15, 0.2) is 0 Å². The van der Waals surface area contributed by atoms with Crippen molar-refractivity contribution in [2.75, 3.05) is 0 Å². The zero-order valence-electron chi connectivity index (χ0n) is 19.6. The van der Waals surface area contributed by atoms with Crippen molar-refractivity contribution in [2.24, 2.45) is 0 Å². The van der Waals surface area contributed by atoms with Crippen LogP contribution in [0, 0.1) is 49.6 Å². The first-order valence-corrected chi connectivity index (χ1v) is 16.6.